The van der Waals surface area contributed by atoms with Gasteiger partial charge in [0.1, 0.15) is 11.6 Å². The highest BCUT2D eigenvalue weighted by Gasteiger charge is 2.29. The lowest BCUT2D eigenvalue weighted by molar-refractivity contribution is -0.136. The number of aryl methyl sites for hydroxylation is 1. The summed E-state index contributed by atoms with van der Waals surface area (Å²) in [6, 6.07) is 4.58. The lowest BCUT2D eigenvalue weighted by atomic mass is 9.82. The molecule has 6 heteroatoms. The van der Waals surface area contributed by atoms with Crippen LogP contribution in [-0.4, -0.2) is 36.3 Å². The van der Waals surface area contributed by atoms with E-state index in [0.717, 1.165) is 31.6 Å². The van der Waals surface area contributed by atoms with Gasteiger partial charge in [0.25, 0.3) is 0 Å². The summed E-state index contributed by atoms with van der Waals surface area (Å²) in [6.07, 6.45) is 3.48. The Balaban J connectivity index is 2.19. The molecule has 150 valence electrons. The number of pyridine rings is 1. The third-order valence-electron chi connectivity index (χ3n) is 5.59. The minimum atomic E-state index is -0.924. The predicted octanol–water partition coefficient (Wildman–Crippen LogP) is 4.46. The van der Waals surface area contributed by atoms with Crippen LogP contribution < -0.4 is 9.64 Å². The number of hydrogen-bond acceptors (Lipinski definition) is 4. The molecular weight excluding hydrogens is 359 g/mol. The molecule has 2 aromatic rings. The number of halogens is 1. The fraction of sp³-hybridized carbons (Fsp3) is 0.455. The zero-order chi connectivity index (χ0) is 20.5. The first-order valence-electron chi connectivity index (χ1n) is 9.51. The van der Waals surface area contributed by atoms with Gasteiger partial charge in [-0.2, -0.15) is 0 Å². The molecule has 1 saturated heterocycles. The maximum atomic E-state index is 14.7. The van der Waals surface area contributed by atoms with E-state index in [-0.39, 0.29) is 17.7 Å². The summed E-state index contributed by atoms with van der Waals surface area (Å²) in [6.45, 7) is 7.87. The molecule has 3 rings (SSSR count). The Morgan fingerprint density at radius 3 is 2.57 bits per heavy atom. The molecule has 0 unspecified atom stereocenters. The van der Waals surface area contributed by atoms with Gasteiger partial charge in [-0.3, -0.25) is 9.78 Å². The van der Waals surface area contributed by atoms with E-state index in [1.54, 1.807) is 25.3 Å². The summed E-state index contributed by atoms with van der Waals surface area (Å²) >= 11 is 0. The number of methoxy groups -OCH3 is 1. The van der Waals surface area contributed by atoms with Crippen molar-refractivity contribution in [1.82, 2.24) is 4.98 Å². The van der Waals surface area contributed by atoms with E-state index < -0.39 is 5.97 Å². The first-order chi connectivity index (χ1) is 13.2. The summed E-state index contributed by atoms with van der Waals surface area (Å²) in [4.78, 5) is 18.1. The second-order valence-corrected chi connectivity index (χ2v) is 8.15. The maximum Gasteiger partial charge on any atom is 0.307 e. The Labute approximate surface area is 165 Å². The number of ether oxygens (including phenoxy) is 1. The fourth-order valence-electron chi connectivity index (χ4n) is 3.73. The molecular formula is C22H27FN2O3. The quantitative estimate of drug-likeness (QED) is 0.822. The number of anilines is 1. The summed E-state index contributed by atoms with van der Waals surface area (Å²) in [5, 5.41) is 9.46. The van der Waals surface area contributed by atoms with Crippen LogP contribution in [0.15, 0.2) is 24.4 Å². The number of carboxylic acid groups (broad SMARTS) is 1. The largest absolute Gasteiger partial charge is 0.497 e. The van der Waals surface area contributed by atoms with Crippen molar-refractivity contribution in [2.45, 2.75) is 40.0 Å². The molecule has 5 nitrogen and oxygen atoms in total. The molecule has 0 radical (unpaired) electrons. The SMILES string of the molecule is COc1ccc(F)c(-c2cnc(C)c(CC(=O)O)c2N2CCC(C)(C)CC2)c1. The van der Waals surface area contributed by atoms with Crippen molar-refractivity contribution < 1.29 is 19.0 Å². The van der Waals surface area contributed by atoms with E-state index >= 15 is 0 Å². The molecule has 2 heterocycles. The number of carboxylic acids is 1. The lowest BCUT2D eigenvalue weighted by Crippen LogP contribution is -2.38. The highest BCUT2D eigenvalue weighted by molar-refractivity contribution is 5.85. The van der Waals surface area contributed by atoms with Gasteiger partial charge in [-0.25, -0.2) is 4.39 Å². The van der Waals surface area contributed by atoms with Gasteiger partial charge in [-0.05, 0) is 43.4 Å². The van der Waals surface area contributed by atoms with Crippen molar-refractivity contribution in [1.29, 1.82) is 0 Å². The highest BCUT2D eigenvalue weighted by atomic mass is 19.1. The standard InChI is InChI=1S/C22H27FN2O3/c1-14-16(12-20(26)27)21(25-9-7-22(2,3)8-10-25)18(13-24-14)17-11-15(28-4)5-6-19(17)23/h5-6,11,13H,7-10,12H2,1-4H3,(H,26,27). The van der Waals surface area contributed by atoms with Crippen LogP contribution in [0.5, 0.6) is 5.75 Å². The third kappa shape index (κ3) is 4.11. The van der Waals surface area contributed by atoms with Crippen LogP contribution in [0.4, 0.5) is 10.1 Å². The zero-order valence-electron chi connectivity index (χ0n) is 16.9. The monoisotopic (exact) mass is 386 g/mol. The molecule has 1 aromatic heterocycles. The normalized spacial score (nSPS) is 16.1. The summed E-state index contributed by atoms with van der Waals surface area (Å²) in [5.74, 6) is -0.763. The Hall–Kier alpha value is -2.63. The second kappa shape index (κ2) is 7.78. The van der Waals surface area contributed by atoms with Crippen LogP contribution in [0.3, 0.4) is 0 Å². The molecule has 1 N–H and O–H groups in total. The predicted molar refractivity (Wildman–Crippen MR) is 107 cm³/mol. The summed E-state index contributed by atoms with van der Waals surface area (Å²) < 4.78 is 20.0. The van der Waals surface area contributed by atoms with Crippen LogP contribution in [0, 0.1) is 18.2 Å². The van der Waals surface area contributed by atoms with Crippen molar-refractivity contribution in [2.75, 3.05) is 25.1 Å². The second-order valence-electron chi connectivity index (χ2n) is 8.15. The zero-order valence-corrected chi connectivity index (χ0v) is 16.9. The topological polar surface area (TPSA) is 62.7 Å². The minimum Gasteiger partial charge on any atom is -0.497 e. The minimum absolute atomic E-state index is 0.145. The van der Waals surface area contributed by atoms with Crippen LogP contribution in [0.2, 0.25) is 0 Å². The molecule has 0 spiro atoms. The fourth-order valence-corrected chi connectivity index (χ4v) is 3.73. The van der Waals surface area contributed by atoms with Gasteiger partial charge < -0.3 is 14.7 Å². The van der Waals surface area contributed by atoms with E-state index in [4.69, 9.17) is 4.74 Å². The number of piperidine rings is 1. The van der Waals surface area contributed by atoms with E-state index in [2.05, 4.69) is 23.7 Å². The third-order valence-corrected chi connectivity index (χ3v) is 5.59. The number of hydrogen-bond donors (Lipinski definition) is 1. The number of nitrogens with zero attached hydrogens (tertiary/aromatic N) is 2. The lowest BCUT2D eigenvalue weighted by Gasteiger charge is -2.40. The molecule has 0 bridgehead atoms. The molecule has 0 aliphatic carbocycles. The van der Waals surface area contributed by atoms with E-state index in [9.17, 15) is 14.3 Å². The summed E-state index contributed by atoms with van der Waals surface area (Å²) in [7, 11) is 1.54. The van der Waals surface area contributed by atoms with Gasteiger partial charge in [0.05, 0.1) is 19.2 Å². The van der Waals surface area contributed by atoms with E-state index in [1.165, 1.54) is 13.2 Å². The molecule has 1 aromatic carbocycles. The molecule has 0 saturated carbocycles. The number of aromatic nitrogens is 1. The van der Waals surface area contributed by atoms with Gasteiger partial charge in [0, 0.05) is 41.7 Å². The van der Waals surface area contributed by atoms with Crippen molar-refractivity contribution >= 4 is 11.7 Å². The molecule has 0 atom stereocenters. The first kappa shape index (κ1) is 20.1. The van der Waals surface area contributed by atoms with Gasteiger partial charge in [0.2, 0.25) is 0 Å². The number of rotatable bonds is 5. The van der Waals surface area contributed by atoms with E-state index in [0.29, 0.717) is 28.1 Å². The van der Waals surface area contributed by atoms with Crippen LogP contribution in [0.1, 0.15) is 37.9 Å². The average molecular weight is 386 g/mol. The van der Waals surface area contributed by atoms with E-state index in [1.807, 2.05) is 0 Å². The van der Waals surface area contributed by atoms with Crippen molar-refractivity contribution in [2.24, 2.45) is 5.41 Å². The number of carbonyl (C=O) groups is 1. The van der Waals surface area contributed by atoms with Crippen LogP contribution >= 0.6 is 0 Å². The molecule has 1 fully saturated rings. The van der Waals surface area contributed by atoms with Crippen molar-refractivity contribution in [3.8, 4) is 16.9 Å². The van der Waals surface area contributed by atoms with Gasteiger partial charge in [0.15, 0.2) is 0 Å². The van der Waals surface area contributed by atoms with Gasteiger partial charge in [-0.1, -0.05) is 13.8 Å². The first-order valence-corrected chi connectivity index (χ1v) is 9.51. The summed E-state index contributed by atoms with van der Waals surface area (Å²) in [5.41, 5.74) is 3.31. The average Bonchev–Trinajstić information content (AvgIpc) is 2.64. The molecule has 1 aliphatic rings. The number of aliphatic carboxylic acids is 1. The van der Waals surface area contributed by atoms with Crippen molar-refractivity contribution in [3.05, 3.63) is 41.5 Å². The Morgan fingerprint density at radius 1 is 1.29 bits per heavy atom. The van der Waals surface area contributed by atoms with Crippen LogP contribution in [-0.2, 0) is 11.2 Å². The van der Waals surface area contributed by atoms with Gasteiger partial charge >= 0.3 is 5.97 Å². The maximum absolute atomic E-state index is 14.7. The molecule has 28 heavy (non-hydrogen) atoms. The van der Waals surface area contributed by atoms with Crippen LogP contribution in [0.25, 0.3) is 11.1 Å². The Morgan fingerprint density at radius 2 is 1.96 bits per heavy atom. The molecule has 1 aliphatic heterocycles. The van der Waals surface area contributed by atoms with Crippen molar-refractivity contribution in [3.63, 3.8) is 0 Å². The highest BCUT2D eigenvalue weighted by Crippen LogP contribution is 2.41. The smallest absolute Gasteiger partial charge is 0.307 e. The molecule has 0 amide bonds. The van der Waals surface area contributed by atoms with Gasteiger partial charge in [-0.15, -0.1) is 0 Å². The Bertz CT molecular complexity index is 886. The Kier molecular flexibility index (Phi) is 5.59. The number of benzene rings is 1.